The minimum Gasteiger partial charge on any atom is -0.379 e. The SMILES string of the molecule is CC(C)OCCCCCN1CC2CC1CC2CC(=O)C(C)C. The Morgan fingerprint density at radius 1 is 1.14 bits per heavy atom. The van der Waals surface area contributed by atoms with Crippen LogP contribution in [0, 0.1) is 17.8 Å². The number of rotatable bonds is 10. The first-order valence-electron chi connectivity index (χ1n) is 9.35. The highest BCUT2D eigenvalue weighted by Crippen LogP contribution is 2.44. The van der Waals surface area contributed by atoms with Crippen molar-refractivity contribution < 1.29 is 9.53 Å². The number of Topliss-reactive ketones (excluding diaryl/α,β-unsaturated/α-hetero) is 1. The zero-order valence-corrected chi connectivity index (χ0v) is 15.0. The fourth-order valence-electron chi connectivity index (χ4n) is 4.08. The largest absolute Gasteiger partial charge is 0.379 e. The van der Waals surface area contributed by atoms with Crippen LogP contribution < -0.4 is 0 Å². The lowest BCUT2D eigenvalue weighted by atomic mass is 9.87. The van der Waals surface area contributed by atoms with Crippen LogP contribution in [0.5, 0.6) is 0 Å². The zero-order chi connectivity index (χ0) is 16.1. The summed E-state index contributed by atoms with van der Waals surface area (Å²) in [6.45, 7) is 11.7. The Kier molecular flexibility index (Phi) is 6.88. The van der Waals surface area contributed by atoms with Crippen molar-refractivity contribution in [2.75, 3.05) is 19.7 Å². The first kappa shape index (κ1) is 17.9. The van der Waals surface area contributed by atoms with Gasteiger partial charge in [-0.25, -0.2) is 0 Å². The molecular formula is C19H35NO2. The summed E-state index contributed by atoms with van der Waals surface area (Å²) in [5.41, 5.74) is 0. The van der Waals surface area contributed by atoms with E-state index in [1.807, 2.05) is 13.8 Å². The predicted molar refractivity (Wildman–Crippen MR) is 91.0 cm³/mol. The highest BCUT2D eigenvalue weighted by molar-refractivity contribution is 5.80. The maximum absolute atomic E-state index is 12.0. The van der Waals surface area contributed by atoms with Crippen LogP contribution in [-0.4, -0.2) is 42.5 Å². The van der Waals surface area contributed by atoms with Gasteiger partial charge in [0.05, 0.1) is 6.10 Å². The van der Waals surface area contributed by atoms with Gasteiger partial charge in [0.25, 0.3) is 0 Å². The monoisotopic (exact) mass is 309 g/mol. The summed E-state index contributed by atoms with van der Waals surface area (Å²) in [7, 11) is 0. The van der Waals surface area contributed by atoms with Gasteiger partial charge in [0.1, 0.15) is 5.78 Å². The summed E-state index contributed by atoms with van der Waals surface area (Å²) in [6, 6.07) is 0.766. The van der Waals surface area contributed by atoms with Gasteiger partial charge in [0, 0.05) is 31.5 Å². The van der Waals surface area contributed by atoms with Crippen molar-refractivity contribution in [1.82, 2.24) is 4.90 Å². The third kappa shape index (κ3) is 5.06. The van der Waals surface area contributed by atoms with Crippen molar-refractivity contribution in [2.24, 2.45) is 17.8 Å². The lowest BCUT2D eigenvalue weighted by molar-refractivity contribution is -0.123. The molecule has 0 radical (unpaired) electrons. The number of ketones is 1. The number of carbonyl (C=O) groups excluding carboxylic acids is 1. The Morgan fingerprint density at radius 2 is 1.91 bits per heavy atom. The maximum atomic E-state index is 12.0. The number of unbranched alkanes of at least 4 members (excludes halogenated alkanes) is 2. The van der Waals surface area contributed by atoms with Gasteiger partial charge in [-0.1, -0.05) is 13.8 Å². The molecule has 128 valence electrons. The van der Waals surface area contributed by atoms with Gasteiger partial charge in [-0.2, -0.15) is 0 Å². The number of fused-ring (bicyclic) bond motifs is 2. The average molecular weight is 309 g/mol. The number of ether oxygens (including phenoxy) is 1. The smallest absolute Gasteiger partial charge is 0.135 e. The highest BCUT2D eigenvalue weighted by atomic mass is 16.5. The molecule has 3 unspecified atom stereocenters. The third-order valence-electron chi connectivity index (χ3n) is 5.45. The summed E-state index contributed by atoms with van der Waals surface area (Å²) in [5.74, 6) is 2.14. The average Bonchev–Trinajstić information content (AvgIpc) is 3.01. The molecule has 2 bridgehead atoms. The topological polar surface area (TPSA) is 29.5 Å². The number of piperidine rings is 1. The molecule has 1 saturated carbocycles. The molecule has 0 aromatic heterocycles. The molecule has 3 heteroatoms. The lowest BCUT2D eigenvalue weighted by Gasteiger charge is -2.31. The molecule has 1 heterocycles. The number of carbonyl (C=O) groups is 1. The van der Waals surface area contributed by atoms with E-state index in [1.165, 1.54) is 45.2 Å². The van der Waals surface area contributed by atoms with E-state index in [9.17, 15) is 4.79 Å². The van der Waals surface area contributed by atoms with Crippen LogP contribution in [0.3, 0.4) is 0 Å². The Hall–Kier alpha value is -0.410. The van der Waals surface area contributed by atoms with Crippen molar-refractivity contribution in [3.8, 4) is 0 Å². The second-order valence-corrected chi connectivity index (χ2v) is 7.95. The predicted octanol–water partition coefficient (Wildman–Crippen LogP) is 3.91. The second-order valence-electron chi connectivity index (χ2n) is 7.95. The van der Waals surface area contributed by atoms with E-state index in [0.717, 1.165) is 25.0 Å². The van der Waals surface area contributed by atoms with Gasteiger partial charge in [-0.05, 0) is 64.3 Å². The van der Waals surface area contributed by atoms with E-state index >= 15 is 0 Å². The normalized spacial score (nSPS) is 28.2. The molecule has 2 aliphatic rings. The molecule has 2 fully saturated rings. The first-order chi connectivity index (χ1) is 10.5. The fourth-order valence-corrected chi connectivity index (χ4v) is 4.08. The molecule has 1 aliphatic carbocycles. The number of hydrogen-bond acceptors (Lipinski definition) is 3. The van der Waals surface area contributed by atoms with Crippen molar-refractivity contribution in [2.45, 2.75) is 78.4 Å². The molecule has 1 aliphatic heterocycles. The van der Waals surface area contributed by atoms with Crippen LogP contribution in [0.4, 0.5) is 0 Å². The molecular weight excluding hydrogens is 274 g/mol. The quantitative estimate of drug-likeness (QED) is 0.573. The van der Waals surface area contributed by atoms with Gasteiger partial charge >= 0.3 is 0 Å². The Balaban J connectivity index is 1.59. The van der Waals surface area contributed by atoms with Crippen LogP contribution in [0.1, 0.15) is 66.2 Å². The van der Waals surface area contributed by atoms with Crippen molar-refractivity contribution in [1.29, 1.82) is 0 Å². The lowest BCUT2D eigenvalue weighted by Crippen LogP contribution is -2.36. The molecule has 3 atom stereocenters. The molecule has 0 spiro atoms. The fraction of sp³-hybridized carbons (Fsp3) is 0.947. The minimum atomic E-state index is 0.211. The minimum absolute atomic E-state index is 0.211. The van der Waals surface area contributed by atoms with Crippen LogP contribution >= 0.6 is 0 Å². The van der Waals surface area contributed by atoms with Crippen LogP contribution in [0.15, 0.2) is 0 Å². The van der Waals surface area contributed by atoms with Crippen molar-refractivity contribution in [3.63, 3.8) is 0 Å². The molecule has 3 nitrogen and oxygen atoms in total. The molecule has 0 aromatic carbocycles. The van der Waals surface area contributed by atoms with Gasteiger partial charge in [0.2, 0.25) is 0 Å². The summed E-state index contributed by atoms with van der Waals surface area (Å²) in [5, 5.41) is 0. The van der Waals surface area contributed by atoms with E-state index in [4.69, 9.17) is 4.74 Å². The molecule has 0 N–H and O–H groups in total. The second kappa shape index (κ2) is 8.44. The summed E-state index contributed by atoms with van der Waals surface area (Å²) in [6.07, 6.45) is 7.55. The Morgan fingerprint density at radius 3 is 2.50 bits per heavy atom. The van der Waals surface area contributed by atoms with Crippen molar-refractivity contribution in [3.05, 3.63) is 0 Å². The maximum Gasteiger partial charge on any atom is 0.135 e. The van der Waals surface area contributed by atoms with E-state index < -0.39 is 0 Å². The van der Waals surface area contributed by atoms with Crippen LogP contribution in [0.2, 0.25) is 0 Å². The molecule has 2 rings (SSSR count). The molecule has 0 aromatic rings. The standard InChI is InChI=1S/C19H35NO2/c1-14(2)19(21)12-16-10-18-11-17(16)13-20(18)8-6-5-7-9-22-15(3)4/h14-18H,5-13H2,1-4H3. The summed E-state index contributed by atoms with van der Waals surface area (Å²) < 4.78 is 5.59. The van der Waals surface area contributed by atoms with Gasteiger partial charge in [0.15, 0.2) is 0 Å². The number of hydrogen-bond donors (Lipinski definition) is 0. The van der Waals surface area contributed by atoms with E-state index in [2.05, 4.69) is 18.7 Å². The third-order valence-corrected chi connectivity index (χ3v) is 5.45. The van der Waals surface area contributed by atoms with E-state index in [-0.39, 0.29) is 5.92 Å². The van der Waals surface area contributed by atoms with Gasteiger partial charge in [-0.3, -0.25) is 4.79 Å². The van der Waals surface area contributed by atoms with Gasteiger partial charge < -0.3 is 9.64 Å². The summed E-state index contributed by atoms with van der Waals surface area (Å²) in [4.78, 5) is 14.6. The zero-order valence-electron chi connectivity index (χ0n) is 15.0. The van der Waals surface area contributed by atoms with Crippen molar-refractivity contribution >= 4 is 5.78 Å². The van der Waals surface area contributed by atoms with E-state index in [0.29, 0.717) is 17.8 Å². The number of nitrogens with zero attached hydrogens (tertiary/aromatic N) is 1. The Bertz CT molecular complexity index is 353. The Labute approximate surface area is 136 Å². The summed E-state index contributed by atoms with van der Waals surface area (Å²) >= 11 is 0. The number of likely N-dealkylation sites (tertiary alicyclic amines) is 1. The van der Waals surface area contributed by atoms with Crippen LogP contribution in [0.25, 0.3) is 0 Å². The molecule has 0 amide bonds. The van der Waals surface area contributed by atoms with E-state index in [1.54, 1.807) is 0 Å². The highest BCUT2D eigenvalue weighted by Gasteiger charge is 2.44. The van der Waals surface area contributed by atoms with Crippen LogP contribution in [-0.2, 0) is 9.53 Å². The molecule has 1 saturated heterocycles. The molecule has 22 heavy (non-hydrogen) atoms. The first-order valence-corrected chi connectivity index (χ1v) is 9.35. The van der Waals surface area contributed by atoms with Gasteiger partial charge in [-0.15, -0.1) is 0 Å².